The number of hydrogen-bond acceptors (Lipinski definition) is 4. The van der Waals surface area contributed by atoms with Crippen molar-refractivity contribution in [1.29, 1.82) is 0 Å². The van der Waals surface area contributed by atoms with E-state index in [1.807, 2.05) is 30.3 Å². The van der Waals surface area contributed by atoms with Gasteiger partial charge in [0.15, 0.2) is 0 Å². The number of sulfonamides is 1. The number of nitrogens with zero attached hydrogens (tertiary/aromatic N) is 1. The number of ether oxygens (including phenoxy) is 1. The molecule has 3 aromatic rings. The smallest absolute Gasteiger partial charge is 0.248 e. The van der Waals surface area contributed by atoms with Crippen LogP contribution in [-0.4, -0.2) is 26.6 Å². The maximum atomic E-state index is 12.7. The summed E-state index contributed by atoms with van der Waals surface area (Å²) in [5.74, 6) is 0.711. The Morgan fingerprint density at radius 1 is 0.933 bits per heavy atom. The van der Waals surface area contributed by atoms with Gasteiger partial charge in [0.25, 0.3) is 0 Å². The molecular weight excluding hydrogens is 424 g/mol. The van der Waals surface area contributed by atoms with Gasteiger partial charge in [-0.15, -0.1) is 0 Å². The predicted molar refractivity (Wildman–Crippen MR) is 120 cm³/mol. The van der Waals surface area contributed by atoms with Crippen molar-refractivity contribution >= 4 is 38.9 Å². The number of anilines is 2. The molecule has 3 rings (SSSR count). The van der Waals surface area contributed by atoms with Gasteiger partial charge in [-0.2, -0.15) is 0 Å². The van der Waals surface area contributed by atoms with E-state index in [2.05, 4.69) is 5.32 Å². The molecule has 0 aliphatic carbocycles. The highest BCUT2D eigenvalue weighted by molar-refractivity contribution is 7.92. The van der Waals surface area contributed by atoms with Crippen LogP contribution in [0.3, 0.4) is 0 Å². The van der Waals surface area contributed by atoms with E-state index >= 15 is 0 Å². The second-order valence-corrected chi connectivity index (χ2v) is 8.88. The number of carbonyl (C=O) groups excluding carboxylic acids is 1. The topological polar surface area (TPSA) is 75.7 Å². The molecule has 1 amide bonds. The van der Waals surface area contributed by atoms with Gasteiger partial charge >= 0.3 is 0 Å². The minimum absolute atomic E-state index is 0.347. The van der Waals surface area contributed by atoms with E-state index in [0.717, 1.165) is 10.6 Å². The number of rotatable bonds is 7. The zero-order valence-corrected chi connectivity index (χ0v) is 18.0. The predicted octanol–water partition coefficient (Wildman–Crippen LogP) is 4.93. The van der Waals surface area contributed by atoms with Gasteiger partial charge in [0.2, 0.25) is 15.9 Å². The SMILES string of the molecule is CC(C(=O)Nc1ccccc1Cl)N(c1ccc(Oc2ccccc2)cc1)S(C)(=O)=O. The molecule has 3 aromatic carbocycles. The minimum Gasteiger partial charge on any atom is -0.457 e. The van der Waals surface area contributed by atoms with Gasteiger partial charge in [-0.05, 0) is 55.5 Å². The average Bonchev–Trinajstić information content (AvgIpc) is 2.71. The molecule has 0 aromatic heterocycles. The van der Waals surface area contributed by atoms with E-state index in [0.29, 0.717) is 27.9 Å². The molecule has 0 spiro atoms. The zero-order chi connectivity index (χ0) is 21.7. The molecule has 0 aliphatic rings. The average molecular weight is 445 g/mol. The van der Waals surface area contributed by atoms with Crippen molar-refractivity contribution in [3.63, 3.8) is 0 Å². The standard InChI is InChI=1S/C22H21ClN2O4S/c1-16(22(26)24-21-11-7-6-10-20(21)23)25(30(2,27)28)17-12-14-19(15-13-17)29-18-8-4-3-5-9-18/h3-16H,1-2H3,(H,24,26). The van der Waals surface area contributed by atoms with Crippen molar-refractivity contribution in [3.05, 3.63) is 83.9 Å². The number of hydrogen-bond donors (Lipinski definition) is 1. The number of halogens is 1. The van der Waals surface area contributed by atoms with Crippen molar-refractivity contribution in [2.45, 2.75) is 13.0 Å². The van der Waals surface area contributed by atoms with Crippen LogP contribution in [0.5, 0.6) is 11.5 Å². The van der Waals surface area contributed by atoms with Gasteiger partial charge in [0.1, 0.15) is 17.5 Å². The lowest BCUT2D eigenvalue weighted by Crippen LogP contribution is -2.45. The summed E-state index contributed by atoms with van der Waals surface area (Å²) in [4.78, 5) is 12.7. The molecule has 0 fully saturated rings. The molecule has 30 heavy (non-hydrogen) atoms. The van der Waals surface area contributed by atoms with Crippen LogP contribution in [-0.2, 0) is 14.8 Å². The molecule has 0 aliphatic heterocycles. The highest BCUT2D eigenvalue weighted by Crippen LogP contribution is 2.28. The Morgan fingerprint density at radius 2 is 1.50 bits per heavy atom. The molecule has 0 radical (unpaired) electrons. The Hall–Kier alpha value is -3.03. The van der Waals surface area contributed by atoms with Crippen LogP contribution in [0.2, 0.25) is 5.02 Å². The first-order valence-electron chi connectivity index (χ1n) is 9.13. The largest absolute Gasteiger partial charge is 0.457 e. The maximum absolute atomic E-state index is 12.7. The summed E-state index contributed by atoms with van der Waals surface area (Å²) >= 11 is 6.08. The molecule has 1 unspecified atom stereocenters. The molecule has 8 heteroatoms. The van der Waals surface area contributed by atoms with Gasteiger partial charge in [-0.1, -0.05) is 41.9 Å². The van der Waals surface area contributed by atoms with Gasteiger partial charge in [-0.3, -0.25) is 9.10 Å². The van der Waals surface area contributed by atoms with Crippen molar-refractivity contribution < 1.29 is 17.9 Å². The Balaban J connectivity index is 1.82. The third kappa shape index (κ3) is 5.31. The van der Waals surface area contributed by atoms with Crippen molar-refractivity contribution in [2.24, 2.45) is 0 Å². The summed E-state index contributed by atoms with van der Waals surface area (Å²) in [7, 11) is -3.74. The summed E-state index contributed by atoms with van der Waals surface area (Å²) in [6, 6.07) is 21.5. The monoisotopic (exact) mass is 444 g/mol. The normalized spacial score (nSPS) is 12.1. The molecule has 156 valence electrons. The summed E-state index contributed by atoms with van der Waals surface area (Å²) < 4.78 is 31.7. The fraction of sp³-hybridized carbons (Fsp3) is 0.136. The number of para-hydroxylation sites is 2. The van der Waals surface area contributed by atoms with Crippen LogP contribution in [0.25, 0.3) is 0 Å². The molecule has 0 saturated heterocycles. The fourth-order valence-corrected chi connectivity index (χ4v) is 4.25. The molecule has 6 nitrogen and oxygen atoms in total. The Kier molecular flexibility index (Phi) is 6.64. The van der Waals surface area contributed by atoms with Crippen LogP contribution >= 0.6 is 11.6 Å². The first-order chi connectivity index (χ1) is 14.3. The van der Waals surface area contributed by atoms with Crippen LogP contribution in [0.4, 0.5) is 11.4 Å². The van der Waals surface area contributed by atoms with Crippen molar-refractivity contribution in [2.75, 3.05) is 15.9 Å². The third-order valence-corrected chi connectivity index (χ3v) is 5.86. The molecule has 1 N–H and O–H groups in total. The summed E-state index contributed by atoms with van der Waals surface area (Å²) in [6.45, 7) is 1.52. The second kappa shape index (κ2) is 9.19. The van der Waals surface area contributed by atoms with Crippen molar-refractivity contribution in [1.82, 2.24) is 0 Å². The van der Waals surface area contributed by atoms with Gasteiger partial charge in [0.05, 0.1) is 22.7 Å². The molecule has 0 bridgehead atoms. The highest BCUT2D eigenvalue weighted by atomic mass is 35.5. The lowest BCUT2D eigenvalue weighted by atomic mass is 10.2. The molecule has 1 atom stereocenters. The lowest BCUT2D eigenvalue weighted by molar-refractivity contribution is -0.116. The third-order valence-electron chi connectivity index (χ3n) is 4.29. The van der Waals surface area contributed by atoms with E-state index in [1.54, 1.807) is 48.5 Å². The molecular formula is C22H21ClN2O4S. The van der Waals surface area contributed by atoms with E-state index < -0.39 is 22.0 Å². The lowest BCUT2D eigenvalue weighted by Gasteiger charge is -2.28. The van der Waals surface area contributed by atoms with E-state index in [-0.39, 0.29) is 0 Å². The number of benzene rings is 3. The van der Waals surface area contributed by atoms with Crippen LogP contribution in [0.15, 0.2) is 78.9 Å². The summed E-state index contributed by atoms with van der Waals surface area (Å²) in [6.07, 6.45) is 1.06. The summed E-state index contributed by atoms with van der Waals surface area (Å²) in [5, 5.41) is 3.04. The minimum atomic E-state index is -3.74. The fourth-order valence-electron chi connectivity index (χ4n) is 2.89. The first-order valence-corrected chi connectivity index (χ1v) is 11.4. The Labute approximate surface area is 181 Å². The van der Waals surface area contributed by atoms with Crippen LogP contribution < -0.4 is 14.4 Å². The first kappa shape index (κ1) is 21.7. The number of carbonyl (C=O) groups is 1. The van der Waals surface area contributed by atoms with Crippen LogP contribution in [0.1, 0.15) is 6.92 Å². The molecule has 0 heterocycles. The van der Waals surface area contributed by atoms with Crippen molar-refractivity contribution in [3.8, 4) is 11.5 Å². The van der Waals surface area contributed by atoms with E-state index in [1.165, 1.54) is 6.92 Å². The van der Waals surface area contributed by atoms with Gasteiger partial charge in [0, 0.05) is 0 Å². The van der Waals surface area contributed by atoms with E-state index in [4.69, 9.17) is 16.3 Å². The summed E-state index contributed by atoms with van der Waals surface area (Å²) in [5.41, 5.74) is 0.760. The van der Waals surface area contributed by atoms with Gasteiger partial charge in [-0.25, -0.2) is 8.42 Å². The van der Waals surface area contributed by atoms with Crippen LogP contribution in [0, 0.1) is 0 Å². The Bertz CT molecular complexity index is 1120. The quantitative estimate of drug-likeness (QED) is 0.560. The highest BCUT2D eigenvalue weighted by Gasteiger charge is 2.29. The van der Waals surface area contributed by atoms with E-state index in [9.17, 15) is 13.2 Å². The second-order valence-electron chi connectivity index (χ2n) is 6.61. The number of nitrogens with one attached hydrogen (secondary N) is 1. The Morgan fingerprint density at radius 3 is 2.10 bits per heavy atom. The molecule has 0 saturated carbocycles. The van der Waals surface area contributed by atoms with Gasteiger partial charge < -0.3 is 10.1 Å². The maximum Gasteiger partial charge on any atom is 0.248 e. The zero-order valence-electron chi connectivity index (χ0n) is 16.4. The number of amides is 1.